The summed E-state index contributed by atoms with van der Waals surface area (Å²) in [6.45, 7) is 3.26. The van der Waals surface area contributed by atoms with E-state index in [1.807, 2.05) is 36.4 Å². The number of nitrogens with zero attached hydrogens (tertiary/aromatic N) is 1. The topological polar surface area (TPSA) is 62.8 Å². The lowest BCUT2D eigenvalue weighted by molar-refractivity contribution is -0.169. The predicted molar refractivity (Wildman–Crippen MR) is 109 cm³/mol. The van der Waals surface area contributed by atoms with Crippen LogP contribution in [0.3, 0.4) is 0 Å². The number of para-hydroxylation sites is 1. The maximum Gasteiger partial charge on any atom is 0.257 e. The van der Waals surface area contributed by atoms with Crippen LogP contribution in [0.5, 0.6) is 0 Å². The summed E-state index contributed by atoms with van der Waals surface area (Å²) < 4.78 is 11.6. The normalized spacial score (nSPS) is 21.8. The van der Waals surface area contributed by atoms with Gasteiger partial charge in [-0.05, 0) is 30.3 Å². The van der Waals surface area contributed by atoms with Gasteiger partial charge in [-0.3, -0.25) is 4.79 Å². The molecule has 0 saturated carbocycles. The maximum atomic E-state index is 12.2. The third kappa shape index (κ3) is 3.15. The smallest absolute Gasteiger partial charge is 0.257 e. The van der Waals surface area contributed by atoms with Crippen LogP contribution in [0, 0.1) is 0 Å². The molecule has 2 fully saturated rings. The van der Waals surface area contributed by atoms with Crippen molar-refractivity contribution in [3.8, 4) is 0 Å². The zero-order valence-electron chi connectivity index (χ0n) is 15.6. The number of hydrogen-bond donors (Lipinski definition) is 2. The molecule has 5 rings (SSSR count). The van der Waals surface area contributed by atoms with E-state index in [0.29, 0.717) is 18.8 Å². The Morgan fingerprint density at radius 1 is 1.00 bits per heavy atom. The van der Waals surface area contributed by atoms with Crippen LogP contribution in [0.1, 0.15) is 18.4 Å². The van der Waals surface area contributed by atoms with Crippen LogP contribution in [0.25, 0.3) is 5.57 Å². The lowest BCUT2D eigenvalue weighted by Gasteiger charge is -2.38. The fourth-order valence-electron chi connectivity index (χ4n) is 4.10. The Labute approximate surface area is 164 Å². The minimum Gasteiger partial charge on any atom is -0.371 e. The van der Waals surface area contributed by atoms with Crippen LogP contribution in [0.15, 0.2) is 54.7 Å². The zero-order valence-corrected chi connectivity index (χ0v) is 15.6. The van der Waals surface area contributed by atoms with Crippen molar-refractivity contribution in [2.45, 2.75) is 18.6 Å². The van der Waals surface area contributed by atoms with Gasteiger partial charge in [0.15, 0.2) is 5.79 Å². The van der Waals surface area contributed by atoms with Crippen LogP contribution in [0.4, 0.5) is 17.1 Å². The van der Waals surface area contributed by atoms with Crippen molar-refractivity contribution in [1.29, 1.82) is 0 Å². The lowest BCUT2D eigenvalue weighted by Crippen LogP contribution is -2.45. The quantitative estimate of drug-likeness (QED) is 0.803. The highest BCUT2D eigenvalue weighted by Gasteiger charge is 2.39. The summed E-state index contributed by atoms with van der Waals surface area (Å²) in [6.07, 6.45) is 3.57. The van der Waals surface area contributed by atoms with Gasteiger partial charge in [-0.2, -0.15) is 0 Å². The second-order valence-corrected chi connectivity index (χ2v) is 7.34. The van der Waals surface area contributed by atoms with Crippen LogP contribution in [-0.2, 0) is 14.3 Å². The summed E-state index contributed by atoms with van der Waals surface area (Å²) in [6, 6.07) is 16.0. The van der Waals surface area contributed by atoms with Gasteiger partial charge in [-0.25, -0.2) is 0 Å². The van der Waals surface area contributed by atoms with Crippen molar-refractivity contribution in [3.05, 3.63) is 60.3 Å². The highest BCUT2D eigenvalue weighted by molar-refractivity contribution is 6.31. The van der Waals surface area contributed by atoms with Gasteiger partial charge in [0, 0.05) is 54.8 Å². The van der Waals surface area contributed by atoms with E-state index >= 15 is 0 Å². The molecule has 3 aliphatic rings. The third-order valence-corrected chi connectivity index (χ3v) is 5.66. The largest absolute Gasteiger partial charge is 0.371 e. The summed E-state index contributed by atoms with van der Waals surface area (Å²) in [5.74, 6) is -0.425. The summed E-state index contributed by atoms with van der Waals surface area (Å²) in [4.78, 5) is 14.5. The molecule has 2 N–H and O–H groups in total. The van der Waals surface area contributed by atoms with E-state index in [1.54, 1.807) is 6.20 Å². The maximum absolute atomic E-state index is 12.2. The van der Waals surface area contributed by atoms with Gasteiger partial charge in [0.25, 0.3) is 5.91 Å². The number of anilines is 3. The molecule has 3 heterocycles. The minimum absolute atomic E-state index is 0.0797. The van der Waals surface area contributed by atoms with Crippen molar-refractivity contribution in [3.63, 3.8) is 0 Å². The van der Waals surface area contributed by atoms with Crippen molar-refractivity contribution in [2.24, 2.45) is 0 Å². The van der Waals surface area contributed by atoms with E-state index in [2.05, 4.69) is 27.7 Å². The molecule has 2 aromatic rings. The molecule has 3 aliphatic heterocycles. The fraction of sp³-hybridized carbons (Fsp3) is 0.318. The van der Waals surface area contributed by atoms with Crippen molar-refractivity contribution in [1.82, 2.24) is 0 Å². The first-order valence-corrected chi connectivity index (χ1v) is 9.73. The van der Waals surface area contributed by atoms with Gasteiger partial charge >= 0.3 is 0 Å². The third-order valence-electron chi connectivity index (χ3n) is 5.66. The van der Waals surface area contributed by atoms with Gasteiger partial charge < -0.3 is 25.0 Å². The molecule has 28 heavy (non-hydrogen) atoms. The summed E-state index contributed by atoms with van der Waals surface area (Å²) in [5.41, 5.74) is 4.57. The zero-order chi connectivity index (χ0) is 19.0. The number of piperidine rings is 1. The Morgan fingerprint density at radius 2 is 1.71 bits per heavy atom. The van der Waals surface area contributed by atoms with Gasteiger partial charge in [0.1, 0.15) is 0 Å². The van der Waals surface area contributed by atoms with E-state index < -0.39 is 0 Å². The number of hydrogen-bond acceptors (Lipinski definition) is 5. The summed E-state index contributed by atoms with van der Waals surface area (Å²) in [5, 5.41) is 6.13. The second-order valence-electron chi connectivity index (χ2n) is 7.34. The average Bonchev–Trinajstić information content (AvgIpc) is 3.31. The standard InChI is InChI=1S/C22H23N3O3/c26-21-19(18-3-1-2-4-20(18)24-21)15-23-16-5-7-17(8-6-16)25-11-9-22(10-12-25)27-13-14-28-22/h1-8,15,23H,9-14H2,(H,24,26)/b19-15+. The van der Waals surface area contributed by atoms with E-state index in [9.17, 15) is 4.79 Å². The van der Waals surface area contributed by atoms with Crippen LogP contribution >= 0.6 is 0 Å². The number of benzene rings is 2. The van der Waals surface area contributed by atoms with Crippen LogP contribution in [-0.4, -0.2) is 38.0 Å². The van der Waals surface area contributed by atoms with Gasteiger partial charge in [0.2, 0.25) is 0 Å². The molecule has 0 atom stereocenters. The molecule has 2 aromatic carbocycles. The summed E-state index contributed by atoms with van der Waals surface area (Å²) >= 11 is 0. The van der Waals surface area contributed by atoms with E-state index in [-0.39, 0.29) is 11.7 Å². The number of carbonyl (C=O) groups is 1. The monoisotopic (exact) mass is 377 g/mol. The fourth-order valence-corrected chi connectivity index (χ4v) is 4.10. The first-order valence-electron chi connectivity index (χ1n) is 9.73. The molecule has 0 radical (unpaired) electrons. The van der Waals surface area contributed by atoms with Crippen molar-refractivity contribution >= 4 is 28.5 Å². The van der Waals surface area contributed by atoms with Crippen molar-refractivity contribution < 1.29 is 14.3 Å². The molecule has 144 valence electrons. The molecule has 6 nitrogen and oxygen atoms in total. The number of amides is 1. The molecule has 1 spiro atoms. The SMILES string of the molecule is O=C1Nc2ccccc2/C1=C\Nc1ccc(N2CCC3(CC2)OCCO3)cc1. The number of ether oxygens (including phenoxy) is 2. The molecular weight excluding hydrogens is 354 g/mol. The lowest BCUT2D eigenvalue weighted by atomic mass is 10.0. The molecule has 0 aliphatic carbocycles. The number of nitrogens with one attached hydrogen (secondary N) is 2. The first kappa shape index (κ1) is 17.3. The van der Waals surface area contributed by atoms with E-state index in [1.165, 1.54) is 5.69 Å². The van der Waals surface area contributed by atoms with E-state index in [0.717, 1.165) is 42.9 Å². The van der Waals surface area contributed by atoms with E-state index in [4.69, 9.17) is 9.47 Å². The molecule has 6 heteroatoms. The van der Waals surface area contributed by atoms with Crippen LogP contribution in [0.2, 0.25) is 0 Å². The first-order chi connectivity index (χ1) is 13.7. The Hall–Kier alpha value is -2.83. The number of fused-ring (bicyclic) bond motifs is 1. The Bertz CT molecular complexity index is 907. The highest BCUT2D eigenvalue weighted by atomic mass is 16.7. The highest BCUT2D eigenvalue weighted by Crippen LogP contribution is 2.34. The minimum atomic E-state index is -0.345. The molecular formula is C22H23N3O3. The van der Waals surface area contributed by atoms with Gasteiger partial charge in [-0.1, -0.05) is 18.2 Å². The molecule has 1 amide bonds. The van der Waals surface area contributed by atoms with Gasteiger partial charge in [-0.15, -0.1) is 0 Å². The average molecular weight is 377 g/mol. The second kappa shape index (κ2) is 6.96. The Morgan fingerprint density at radius 3 is 2.46 bits per heavy atom. The summed E-state index contributed by atoms with van der Waals surface area (Å²) in [7, 11) is 0. The van der Waals surface area contributed by atoms with Crippen molar-refractivity contribution in [2.75, 3.05) is 41.8 Å². The molecule has 0 unspecified atom stereocenters. The molecule has 0 aromatic heterocycles. The number of carbonyl (C=O) groups excluding carboxylic acids is 1. The molecule has 2 saturated heterocycles. The van der Waals surface area contributed by atoms with Gasteiger partial charge in [0.05, 0.1) is 18.8 Å². The number of rotatable bonds is 3. The van der Waals surface area contributed by atoms with Crippen LogP contribution < -0.4 is 15.5 Å². The molecule has 0 bridgehead atoms. The Balaban J connectivity index is 1.24. The Kier molecular flexibility index (Phi) is 4.30. The predicted octanol–water partition coefficient (Wildman–Crippen LogP) is 3.44.